The lowest BCUT2D eigenvalue weighted by atomic mass is 10.1. The van der Waals surface area contributed by atoms with E-state index in [2.05, 4.69) is 4.74 Å². The normalized spacial score (nSPS) is 11.6. The van der Waals surface area contributed by atoms with Crippen molar-refractivity contribution >= 4 is 11.9 Å². The number of aliphatic hydroxyl groups excluding tert-OH is 1. The quantitative estimate of drug-likeness (QED) is 0.548. The molecular formula is C13H23NO4. The van der Waals surface area contributed by atoms with E-state index in [-0.39, 0.29) is 37.5 Å². The van der Waals surface area contributed by atoms with Gasteiger partial charge in [-0.2, -0.15) is 0 Å². The molecule has 18 heavy (non-hydrogen) atoms. The van der Waals surface area contributed by atoms with Crippen LogP contribution in [0.2, 0.25) is 0 Å². The van der Waals surface area contributed by atoms with Crippen molar-refractivity contribution in [1.82, 2.24) is 4.90 Å². The molecule has 0 bridgehead atoms. The van der Waals surface area contributed by atoms with Crippen LogP contribution in [0.3, 0.4) is 0 Å². The third-order valence-corrected chi connectivity index (χ3v) is 2.60. The van der Waals surface area contributed by atoms with E-state index >= 15 is 0 Å². The number of ether oxygens (including phenoxy) is 1. The summed E-state index contributed by atoms with van der Waals surface area (Å²) in [6.07, 6.45) is 2.28. The Bertz CT molecular complexity index is 304. The van der Waals surface area contributed by atoms with Crippen molar-refractivity contribution in [1.29, 1.82) is 0 Å². The largest absolute Gasteiger partial charge is 0.469 e. The molecule has 0 heterocycles. The zero-order chi connectivity index (χ0) is 14.1. The molecule has 104 valence electrons. The molecule has 0 saturated heterocycles. The van der Waals surface area contributed by atoms with Crippen LogP contribution in [0.25, 0.3) is 0 Å². The molecule has 0 aliphatic carbocycles. The van der Waals surface area contributed by atoms with Gasteiger partial charge in [0.25, 0.3) is 0 Å². The summed E-state index contributed by atoms with van der Waals surface area (Å²) in [5, 5.41) is 9.27. The van der Waals surface area contributed by atoms with E-state index in [0.29, 0.717) is 6.42 Å². The first-order chi connectivity index (χ1) is 8.46. The molecule has 0 aliphatic rings. The summed E-state index contributed by atoms with van der Waals surface area (Å²) in [4.78, 5) is 24.6. The van der Waals surface area contributed by atoms with Crippen LogP contribution in [-0.2, 0) is 14.3 Å². The molecule has 0 radical (unpaired) electrons. The SMILES string of the molecule is CCC(CO)N(CCC(=O)OC)C(=O)C=C(C)C. The summed E-state index contributed by atoms with van der Waals surface area (Å²) in [6, 6.07) is -0.266. The average molecular weight is 257 g/mol. The van der Waals surface area contributed by atoms with Gasteiger partial charge in [0.15, 0.2) is 0 Å². The van der Waals surface area contributed by atoms with Gasteiger partial charge in [0.05, 0.1) is 26.2 Å². The summed E-state index contributed by atoms with van der Waals surface area (Å²) >= 11 is 0. The van der Waals surface area contributed by atoms with E-state index in [4.69, 9.17) is 0 Å². The summed E-state index contributed by atoms with van der Waals surface area (Å²) in [5.41, 5.74) is 0.885. The number of methoxy groups -OCH3 is 1. The smallest absolute Gasteiger partial charge is 0.307 e. The first-order valence-electron chi connectivity index (χ1n) is 6.09. The average Bonchev–Trinajstić information content (AvgIpc) is 2.32. The van der Waals surface area contributed by atoms with Gasteiger partial charge in [-0.1, -0.05) is 12.5 Å². The number of rotatable bonds is 7. The molecule has 0 rings (SSSR count). The molecule has 1 atom stereocenters. The molecule has 0 aromatic heterocycles. The fourth-order valence-corrected chi connectivity index (χ4v) is 1.56. The Morgan fingerprint density at radius 2 is 2.00 bits per heavy atom. The van der Waals surface area contributed by atoms with E-state index in [1.807, 2.05) is 20.8 Å². The maximum absolute atomic E-state index is 12.0. The van der Waals surface area contributed by atoms with E-state index in [1.165, 1.54) is 18.1 Å². The lowest BCUT2D eigenvalue weighted by Crippen LogP contribution is -2.42. The number of amides is 1. The fourth-order valence-electron chi connectivity index (χ4n) is 1.56. The Labute approximate surface area is 108 Å². The summed E-state index contributed by atoms with van der Waals surface area (Å²) in [5.74, 6) is -0.544. The van der Waals surface area contributed by atoms with Crippen LogP contribution >= 0.6 is 0 Å². The van der Waals surface area contributed by atoms with Gasteiger partial charge in [0, 0.05) is 12.6 Å². The van der Waals surface area contributed by atoms with Gasteiger partial charge in [-0.25, -0.2) is 0 Å². The molecule has 0 aromatic carbocycles. The molecule has 5 nitrogen and oxygen atoms in total. The molecule has 0 aromatic rings. The number of hydrogen-bond donors (Lipinski definition) is 1. The van der Waals surface area contributed by atoms with E-state index in [9.17, 15) is 14.7 Å². The molecule has 5 heteroatoms. The topological polar surface area (TPSA) is 66.8 Å². The van der Waals surface area contributed by atoms with Crippen molar-refractivity contribution in [2.24, 2.45) is 0 Å². The monoisotopic (exact) mass is 257 g/mol. The number of esters is 1. The maximum atomic E-state index is 12.0. The predicted molar refractivity (Wildman–Crippen MR) is 68.9 cm³/mol. The van der Waals surface area contributed by atoms with Crippen LogP contribution in [0.5, 0.6) is 0 Å². The zero-order valence-corrected chi connectivity index (χ0v) is 11.6. The number of hydrogen-bond acceptors (Lipinski definition) is 4. The molecular weight excluding hydrogens is 234 g/mol. The Morgan fingerprint density at radius 1 is 1.39 bits per heavy atom. The highest BCUT2D eigenvalue weighted by atomic mass is 16.5. The van der Waals surface area contributed by atoms with E-state index in [1.54, 1.807) is 0 Å². The minimum Gasteiger partial charge on any atom is -0.469 e. The summed E-state index contributed by atoms with van der Waals surface area (Å²) < 4.78 is 4.55. The zero-order valence-electron chi connectivity index (χ0n) is 11.6. The van der Waals surface area contributed by atoms with Crippen molar-refractivity contribution in [3.63, 3.8) is 0 Å². The van der Waals surface area contributed by atoms with Crippen molar-refractivity contribution in [3.8, 4) is 0 Å². The second-order valence-electron chi connectivity index (χ2n) is 4.32. The Kier molecular flexibility index (Phi) is 8.03. The lowest BCUT2D eigenvalue weighted by molar-refractivity contribution is -0.142. The standard InChI is InChI=1S/C13H23NO4/c1-5-11(9-15)14(7-6-13(17)18-4)12(16)8-10(2)3/h8,11,15H,5-7,9H2,1-4H3. The van der Waals surface area contributed by atoms with Gasteiger partial charge in [-0.3, -0.25) is 9.59 Å². The minimum atomic E-state index is -0.363. The van der Waals surface area contributed by atoms with Crippen molar-refractivity contribution in [2.45, 2.75) is 39.7 Å². The van der Waals surface area contributed by atoms with Crippen LogP contribution in [0, 0.1) is 0 Å². The predicted octanol–water partition coefficient (Wildman–Crippen LogP) is 1.12. The van der Waals surface area contributed by atoms with Crippen molar-refractivity contribution in [2.75, 3.05) is 20.3 Å². The maximum Gasteiger partial charge on any atom is 0.307 e. The number of carbonyl (C=O) groups is 2. The number of carbonyl (C=O) groups excluding carboxylic acids is 2. The molecule has 1 amide bonds. The second-order valence-corrected chi connectivity index (χ2v) is 4.32. The van der Waals surface area contributed by atoms with Gasteiger partial charge in [-0.05, 0) is 20.3 Å². The van der Waals surface area contributed by atoms with Gasteiger partial charge in [0.2, 0.25) is 5.91 Å². The third kappa shape index (κ3) is 5.82. The first kappa shape index (κ1) is 16.6. The van der Waals surface area contributed by atoms with E-state index < -0.39 is 0 Å². The number of allylic oxidation sites excluding steroid dienone is 1. The highest BCUT2D eigenvalue weighted by Gasteiger charge is 2.21. The summed E-state index contributed by atoms with van der Waals surface area (Å²) in [6.45, 7) is 5.70. The number of nitrogens with zero attached hydrogens (tertiary/aromatic N) is 1. The Hall–Kier alpha value is -1.36. The van der Waals surface area contributed by atoms with Gasteiger partial charge >= 0.3 is 5.97 Å². The van der Waals surface area contributed by atoms with E-state index in [0.717, 1.165) is 5.57 Å². The van der Waals surface area contributed by atoms with Crippen LogP contribution in [0.1, 0.15) is 33.6 Å². The number of aliphatic hydroxyl groups is 1. The highest BCUT2D eigenvalue weighted by Crippen LogP contribution is 2.08. The summed E-state index contributed by atoms with van der Waals surface area (Å²) in [7, 11) is 1.31. The lowest BCUT2D eigenvalue weighted by Gasteiger charge is -2.28. The van der Waals surface area contributed by atoms with Gasteiger partial charge in [-0.15, -0.1) is 0 Å². The molecule has 1 unspecified atom stereocenters. The third-order valence-electron chi connectivity index (χ3n) is 2.60. The van der Waals surface area contributed by atoms with Crippen LogP contribution < -0.4 is 0 Å². The van der Waals surface area contributed by atoms with Crippen LogP contribution in [0.15, 0.2) is 11.6 Å². The van der Waals surface area contributed by atoms with Crippen molar-refractivity contribution < 1.29 is 19.4 Å². The fraction of sp³-hybridized carbons (Fsp3) is 0.692. The molecule has 0 saturated carbocycles. The minimum absolute atomic E-state index is 0.111. The Morgan fingerprint density at radius 3 is 2.39 bits per heavy atom. The van der Waals surface area contributed by atoms with Crippen LogP contribution in [-0.4, -0.2) is 48.2 Å². The highest BCUT2D eigenvalue weighted by molar-refractivity contribution is 5.88. The molecule has 1 N–H and O–H groups in total. The molecule has 0 aliphatic heterocycles. The second kappa shape index (κ2) is 8.69. The molecule has 0 fully saturated rings. The first-order valence-corrected chi connectivity index (χ1v) is 6.09. The Balaban J connectivity index is 4.76. The molecule has 0 spiro atoms. The van der Waals surface area contributed by atoms with Crippen LogP contribution in [0.4, 0.5) is 0 Å². The van der Waals surface area contributed by atoms with Gasteiger partial charge < -0.3 is 14.7 Å². The van der Waals surface area contributed by atoms with Gasteiger partial charge in [0.1, 0.15) is 0 Å². The van der Waals surface area contributed by atoms with Crippen molar-refractivity contribution in [3.05, 3.63) is 11.6 Å².